The van der Waals surface area contributed by atoms with Gasteiger partial charge in [-0.1, -0.05) is 18.2 Å². The van der Waals surface area contributed by atoms with E-state index in [1.54, 1.807) is 7.05 Å². The van der Waals surface area contributed by atoms with Gasteiger partial charge in [0.1, 0.15) is 0 Å². The first-order valence-corrected chi connectivity index (χ1v) is 11.1. The summed E-state index contributed by atoms with van der Waals surface area (Å²) in [5.41, 5.74) is 7.09. The van der Waals surface area contributed by atoms with Gasteiger partial charge >= 0.3 is 12.2 Å². The third kappa shape index (κ3) is 5.60. The Labute approximate surface area is 207 Å². The highest BCUT2D eigenvalue weighted by Crippen LogP contribution is 2.34. The van der Waals surface area contributed by atoms with E-state index in [4.69, 9.17) is 0 Å². The zero-order chi connectivity index (χ0) is 25.8. The minimum Gasteiger partial charge on any atom is -0.313 e. The van der Waals surface area contributed by atoms with E-state index in [2.05, 4.69) is 35.4 Å². The van der Waals surface area contributed by atoms with Crippen LogP contribution >= 0.6 is 0 Å². The van der Waals surface area contributed by atoms with Crippen LogP contribution in [-0.4, -0.2) is 22.0 Å². The quantitative estimate of drug-likeness (QED) is 0.258. The largest absolute Gasteiger partial charge is 0.315 e. The lowest BCUT2D eigenvalue weighted by Gasteiger charge is -2.20. The van der Waals surface area contributed by atoms with Gasteiger partial charge < -0.3 is 4.90 Å². The zero-order valence-electron chi connectivity index (χ0n) is 20.5. The molecule has 1 aromatic heterocycles. The normalized spacial score (nSPS) is 11.5. The Morgan fingerprint density at radius 3 is 1.64 bits per heavy atom. The van der Waals surface area contributed by atoms with Crippen LogP contribution in [-0.2, 0) is 0 Å². The lowest BCUT2D eigenvalue weighted by molar-refractivity contribution is 0.455. The average Bonchev–Trinajstić information content (AvgIpc) is 2.84. The maximum Gasteiger partial charge on any atom is 0.315 e. The van der Waals surface area contributed by atoms with Crippen molar-refractivity contribution in [2.24, 2.45) is 20.5 Å². The number of hydrogen-bond donors (Lipinski definition) is 0. The average molecular weight is 487 g/mol. The highest BCUT2D eigenvalue weighted by molar-refractivity contribution is 5.67. The molecule has 0 radical (unpaired) electrons. The van der Waals surface area contributed by atoms with Crippen molar-refractivity contribution >= 4 is 34.4 Å². The van der Waals surface area contributed by atoms with E-state index in [-0.39, 0.29) is 5.95 Å². The highest BCUT2D eigenvalue weighted by Gasteiger charge is 2.15. The Balaban J connectivity index is 1.58. The molecule has 182 valence electrons. The van der Waals surface area contributed by atoms with Crippen LogP contribution in [0.2, 0.25) is 0 Å². The number of aryl methyl sites for hydroxylation is 4. The lowest BCUT2D eigenvalue weighted by Crippen LogP contribution is -2.16. The number of rotatable bonds is 6. The van der Waals surface area contributed by atoms with Gasteiger partial charge in [0, 0.05) is 12.7 Å². The van der Waals surface area contributed by atoms with E-state index in [1.807, 2.05) is 82.3 Å². The first kappa shape index (κ1) is 24.6. The summed E-state index contributed by atoms with van der Waals surface area (Å²) in [7, 11) is 1.63. The van der Waals surface area contributed by atoms with Crippen LogP contribution in [0.5, 0.6) is 0 Å². The molecule has 0 fully saturated rings. The van der Waals surface area contributed by atoms with E-state index in [0.717, 1.165) is 39.3 Å². The second-order valence-electron chi connectivity index (χ2n) is 8.32. The fourth-order valence-corrected chi connectivity index (χ4v) is 3.54. The molecule has 0 amide bonds. The topological polar surface area (TPSA) is 91.3 Å². The Hall–Kier alpha value is -4.47. The summed E-state index contributed by atoms with van der Waals surface area (Å²) in [5, 5.41) is 17.6. The standard InChI is InChI=1S/C26H24F2N8/c1-15-12-21(16(2)11-20(15)33-32-19-9-7-6-8-10-19)34-35-22-13-18(4)23(14-17(22)3)36(5)26-30-24(27)29-25(28)31-26/h6-14H,1-5H3. The first-order valence-electron chi connectivity index (χ1n) is 11.1. The monoisotopic (exact) mass is 486 g/mol. The van der Waals surface area contributed by atoms with E-state index in [0.29, 0.717) is 11.4 Å². The summed E-state index contributed by atoms with van der Waals surface area (Å²) in [6.45, 7) is 7.63. The molecule has 4 rings (SSSR count). The van der Waals surface area contributed by atoms with Crippen molar-refractivity contribution in [3.8, 4) is 0 Å². The number of hydrogen-bond acceptors (Lipinski definition) is 8. The van der Waals surface area contributed by atoms with Gasteiger partial charge in [0.2, 0.25) is 5.95 Å². The number of benzene rings is 3. The van der Waals surface area contributed by atoms with Gasteiger partial charge in [0.15, 0.2) is 0 Å². The van der Waals surface area contributed by atoms with Crippen molar-refractivity contribution in [2.75, 3.05) is 11.9 Å². The maximum atomic E-state index is 13.4. The molecule has 8 nitrogen and oxygen atoms in total. The summed E-state index contributed by atoms with van der Waals surface area (Å²) < 4.78 is 26.9. The molecule has 1 heterocycles. The summed E-state index contributed by atoms with van der Waals surface area (Å²) >= 11 is 0. The van der Waals surface area contributed by atoms with E-state index < -0.39 is 12.2 Å². The van der Waals surface area contributed by atoms with E-state index in [1.165, 1.54) is 4.90 Å². The zero-order valence-corrected chi connectivity index (χ0v) is 20.5. The Morgan fingerprint density at radius 1 is 0.611 bits per heavy atom. The summed E-state index contributed by atoms with van der Waals surface area (Å²) in [5.74, 6) is -0.132. The van der Waals surface area contributed by atoms with Crippen LogP contribution in [0.15, 0.2) is 75.1 Å². The molecule has 0 saturated heterocycles. The van der Waals surface area contributed by atoms with Gasteiger partial charge in [-0.15, -0.1) is 0 Å². The minimum absolute atomic E-state index is 0.132. The van der Waals surface area contributed by atoms with Gasteiger partial charge in [0.25, 0.3) is 0 Å². The van der Waals surface area contributed by atoms with E-state index in [9.17, 15) is 8.78 Å². The Bertz CT molecular complexity index is 1450. The highest BCUT2D eigenvalue weighted by atomic mass is 19.1. The number of nitrogens with zero attached hydrogens (tertiary/aromatic N) is 8. The molecule has 0 atom stereocenters. The smallest absolute Gasteiger partial charge is 0.313 e. The molecule has 0 bridgehead atoms. The van der Waals surface area contributed by atoms with Crippen molar-refractivity contribution < 1.29 is 8.78 Å². The molecule has 0 aliphatic carbocycles. The van der Waals surface area contributed by atoms with Gasteiger partial charge in [-0.05, 0) is 86.3 Å². The number of aromatic nitrogens is 3. The molecule has 0 saturated carbocycles. The molecule has 10 heteroatoms. The summed E-state index contributed by atoms with van der Waals surface area (Å²) in [6, 6.07) is 17.1. The van der Waals surface area contributed by atoms with Gasteiger partial charge in [-0.2, -0.15) is 44.2 Å². The van der Waals surface area contributed by atoms with Crippen LogP contribution in [0, 0.1) is 39.9 Å². The third-order valence-corrected chi connectivity index (χ3v) is 5.55. The molecule has 0 N–H and O–H groups in total. The Kier molecular flexibility index (Phi) is 7.14. The van der Waals surface area contributed by atoms with Crippen LogP contribution in [0.4, 0.5) is 43.2 Å². The van der Waals surface area contributed by atoms with Crippen molar-refractivity contribution in [2.45, 2.75) is 27.7 Å². The van der Waals surface area contributed by atoms with Crippen molar-refractivity contribution in [3.63, 3.8) is 0 Å². The van der Waals surface area contributed by atoms with Gasteiger partial charge in [-0.25, -0.2) is 0 Å². The number of anilines is 2. The number of azo groups is 2. The lowest BCUT2D eigenvalue weighted by atomic mass is 10.1. The van der Waals surface area contributed by atoms with Crippen molar-refractivity contribution in [1.29, 1.82) is 0 Å². The molecule has 0 spiro atoms. The second kappa shape index (κ2) is 10.4. The fourth-order valence-electron chi connectivity index (χ4n) is 3.54. The van der Waals surface area contributed by atoms with Crippen LogP contribution < -0.4 is 4.90 Å². The molecule has 4 aromatic rings. The molecule has 0 unspecified atom stereocenters. The van der Waals surface area contributed by atoms with Gasteiger partial charge in [-0.3, -0.25) is 0 Å². The predicted octanol–water partition coefficient (Wildman–Crippen LogP) is 7.98. The van der Waals surface area contributed by atoms with Crippen LogP contribution in [0.1, 0.15) is 22.3 Å². The molecular formula is C26H24F2N8. The number of halogens is 2. The molecular weight excluding hydrogens is 462 g/mol. The second-order valence-corrected chi connectivity index (χ2v) is 8.32. The summed E-state index contributed by atoms with van der Waals surface area (Å²) in [4.78, 5) is 11.6. The molecule has 36 heavy (non-hydrogen) atoms. The molecule has 3 aromatic carbocycles. The minimum atomic E-state index is -1.18. The van der Waals surface area contributed by atoms with E-state index >= 15 is 0 Å². The van der Waals surface area contributed by atoms with Crippen LogP contribution in [0.25, 0.3) is 0 Å². The van der Waals surface area contributed by atoms with Gasteiger partial charge in [0.05, 0.1) is 22.7 Å². The third-order valence-electron chi connectivity index (χ3n) is 5.55. The van der Waals surface area contributed by atoms with Crippen LogP contribution in [0.3, 0.4) is 0 Å². The molecule has 0 aliphatic heterocycles. The molecule has 0 aliphatic rings. The first-order chi connectivity index (χ1) is 17.2. The fraction of sp³-hybridized carbons (Fsp3) is 0.192. The predicted molar refractivity (Wildman–Crippen MR) is 134 cm³/mol. The van der Waals surface area contributed by atoms with Crippen molar-refractivity contribution in [1.82, 2.24) is 15.0 Å². The Morgan fingerprint density at radius 2 is 1.08 bits per heavy atom. The maximum absolute atomic E-state index is 13.4. The summed E-state index contributed by atoms with van der Waals surface area (Å²) in [6.07, 6.45) is -2.36. The van der Waals surface area contributed by atoms with Crippen molar-refractivity contribution in [3.05, 3.63) is 89.0 Å². The SMILES string of the molecule is Cc1cc(N=Nc2cc(C)c(N(C)c3nc(F)nc(F)n3)cc2C)c(C)cc1N=Nc1ccccc1.